The molecule has 0 fully saturated rings. The summed E-state index contributed by atoms with van der Waals surface area (Å²) in [6.07, 6.45) is 24.8. The van der Waals surface area contributed by atoms with Crippen molar-refractivity contribution >= 4 is 13.5 Å². The zero-order chi connectivity index (χ0) is 33.3. The van der Waals surface area contributed by atoms with Gasteiger partial charge in [-0.3, -0.25) is 4.79 Å². The first-order valence-electron chi connectivity index (χ1n) is 18.0. The van der Waals surface area contributed by atoms with E-state index in [0.29, 0.717) is 18.8 Å². The van der Waals surface area contributed by atoms with E-state index < -0.39 is 19.8 Å². The molecule has 0 unspecified atom stereocenters. The summed E-state index contributed by atoms with van der Waals surface area (Å²) in [5.41, 5.74) is 3.28. The van der Waals surface area contributed by atoms with E-state index >= 15 is 0 Å². The van der Waals surface area contributed by atoms with Crippen molar-refractivity contribution in [1.82, 2.24) is 5.32 Å². The molecule has 0 heterocycles. The summed E-state index contributed by atoms with van der Waals surface area (Å²) in [7, 11) is -4.79. The second-order valence-corrected chi connectivity index (χ2v) is 14.4. The van der Waals surface area contributed by atoms with Gasteiger partial charge in [0, 0.05) is 12.5 Å². The number of hydrogen-bond donors (Lipinski definition) is 1. The molecule has 0 saturated carbocycles. The van der Waals surface area contributed by atoms with Crippen LogP contribution < -0.4 is 19.8 Å². The van der Waals surface area contributed by atoms with Gasteiger partial charge in [-0.25, -0.2) is 0 Å². The average molecular weight is 654 g/mol. The summed E-state index contributed by atoms with van der Waals surface area (Å²) in [5.74, 6) is 0.506. The Hall–Kier alpha value is -2.40. The number of nitrogens with one attached hydrogen (secondary N) is 1. The molecule has 0 aromatic heterocycles. The van der Waals surface area contributed by atoms with Crippen LogP contribution in [0.1, 0.15) is 140 Å². The molecule has 0 saturated heterocycles. The first-order chi connectivity index (χ1) is 22.3. The minimum Gasteiger partial charge on any atom is -0.811 e. The Morgan fingerprint density at radius 3 is 1.85 bits per heavy atom. The van der Waals surface area contributed by atoms with Crippen LogP contribution in [0.2, 0.25) is 0 Å². The quantitative estimate of drug-likeness (QED) is 0.0589. The molecule has 46 heavy (non-hydrogen) atoms. The van der Waals surface area contributed by atoms with E-state index in [-0.39, 0.29) is 12.3 Å². The number of carbonyl (C=O) groups is 1. The first-order valence-corrected chi connectivity index (χ1v) is 19.8. The summed E-state index contributed by atoms with van der Waals surface area (Å²) in [4.78, 5) is 35.7. The van der Waals surface area contributed by atoms with Gasteiger partial charge in [0.05, 0.1) is 0 Å². The maximum atomic E-state index is 12.6. The van der Waals surface area contributed by atoms with Gasteiger partial charge in [0.1, 0.15) is 12.4 Å². The zero-order valence-electron chi connectivity index (χ0n) is 28.7. The van der Waals surface area contributed by atoms with Crippen molar-refractivity contribution in [3.63, 3.8) is 0 Å². The molecular formula is C39H60NO5P-2. The van der Waals surface area contributed by atoms with E-state index in [2.05, 4.69) is 55.6 Å². The Morgan fingerprint density at radius 2 is 1.24 bits per heavy atom. The van der Waals surface area contributed by atoms with Crippen LogP contribution in [0.5, 0.6) is 5.75 Å². The number of aryl methyl sites for hydroxylation is 1. The van der Waals surface area contributed by atoms with Crippen LogP contribution in [0.15, 0.2) is 60.7 Å². The fourth-order valence-corrected chi connectivity index (χ4v) is 6.40. The normalized spacial score (nSPS) is 12.4. The fourth-order valence-electron chi connectivity index (χ4n) is 5.64. The molecule has 0 aliphatic heterocycles. The Morgan fingerprint density at radius 1 is 0.717 bits per heavy atom. The van der Waals surface area contributed by atoms with Crippen molar-refractivity contribution in [1.29, 1.82) is 0 Å². The number of unbranched alkanes of at least 4 members (excludes halogenated alkanes) is 13. The van der Waals surface area contributed by atoms with E-state index in [0.717, 1.165) is 49.7 Å². The van der Waals surface area contributed by atoms with E-state index in [9.17, 15) is 19.1 Å². The molecular weight excluding hydrogens is 593 g/mol. The summed E-state index contributed by atoms with van der Waals surface area (Å²) in [5, 5.41) is 2.80. The van der Waals surface area contributed by atoms with E-state index in [1.54, 1.807) is 0 Å². The zero-order valence-corrected chi connectivity index (χ0v) is 29.6. The average Bonchev–Trinajstić information content (AvgIpc) is 3.02. The highest BCUT2D eigenvalue weighted by Gasteiger charge is 2.15. The molecule has 0 spiro atoms. The molecule has 0 radical (unpaired) electrons. The number of ether oxygens (including phenoxy) is 1. The van der Waals surface area contributed by atoms with E-state index in [1.807, 2.05) is 24.3 Å². The molecule has 1 atom stereocenters. The van der Waals surface area contributed by atoms with Crippen molar-refractivity contribution in [3.8, 4) is 5.75 Å². The third-order valence-corrected chi connectivity index (χ3v) is 9.27. The van der Waals surface area contributed by atoms with Crippen LogP contribution in [-0.4, -0.2) is 18.1 Å². The van der Waals surface area contributed by atoms with Gasteiger partial charge in [-0.2, -0.15) is 0 Å². The van der Waals surface area contributed by atoms with E-state index in [4.69, 9.17) is 4.74 Å². The van der Waals surface area contributed by atoms with Crippen LogP contribution in [-0.2, 0) is 28.8 Å². The number of allylic oxidation sites excluding steroid dienone is 2. The summed E-state index contributed by atoms with van der Waals surface area (Å²) in [6.45, 7) is 4.92. The van der Waals surface area contributed by atoms with Gasteiger partial charge in [0.25, 0.3) is 0 Å². The van der Waals surface area contributed by atoms with Crippen molar-refractivity contribution in [2.24, 2.45) is 0 Å². The standard InChI is InChI=1S/C39H62NO5P/c1-3-5-7-8-9-10-11-12-13-14-15-16-17-18-20-22-39(41)40-37(33-46(42,43)44)31-35-27-29-38(30-28-35)45-32-36-25-23-34(24-26-36)21-19-6-4-2/h12-13,23-30,37H,3-11,14-22,31-33H2,1-2H3,(H,40,41)(H2,42,43,44)/p-2/b13-12-/t37-/m0/s1. The van der Waals surface area contributed by atoms with Crippen molar-refractivity contribution in [2.75, 3.05) is 6.16 Å². The number of benzene rings is 2. The lowest BCUT2D eigenvalue weighted by molar-refractivity contribution is -0.313. The van der Waals surface area contributed by atoms with Crippen LogP contribution in [0.25, 0.3) is 0 Å². The second kappa shape index (κ2) is 24.7. The minimum atomic E-state index is -4.79. The van der Waals surface area contributed by atoms with Crippen LogP contribution >= 0.6 is 7.60 Å². The van der Waals surface area contributed by atoms with Crippen LogP contribution in [0.4, 0.5) is 0 Å². The SMILES string of the molecule is CCCCCCCC/C=C\CCCCCCCC(=O)N[C@@H](Cc1ccc(OCc2ccc(CCCCC)cc2)cc1)CP(=O)([O-])[O-]. The summed E-state index contributed by atoms with van der Waals surface area (Å²) < 4.78 is 17.5. The highest BCUT2D eigenvalue weighted by molar-refractivity contribution is 7.48. The van der Waals surface area contributed by atoms with Gasteiger partial charge in [-0.1, -0.05) is 134 Å². The van der Waals surface area contributed by atoms with Crippen LogP contribution in [0, 0.1) is 0 Å². The molecule has 2 rings (SSSR count). The monoisotopic (exact) mass is 653 g/mol. The van der Waals surface area contributed by atoms with Gasteiger partial charge in [-0.05, 0) is 86.4 Å². The fraction of sp³-hybridized carbons (Fsp3) is 0.615. The molecule has 0 aliphatic rings. The first kappa shape index (κ1) is 39.8. The number of rotatable bonds is 27. The Balaban J connectivity index is 1.65. The third kappa shape index (κ3) is 20.7. The van der Waals surface area contributed by atoms with Gasteiger partial charge < -0.3 is 24.4 Å². The highest BCUT2D eigenvalue weighted by atomic mass is 31.2. The predicted molar refractivity (Wildman–Crippen MR) is 188 cm³/mol. The van der Waals surface area contributed by atoms with Gasteiger partial charge in [0.2, 0.25) is 5.91 Å². The molecule has 258 valence electrons. The Bertz CT molecular complexity index is 1130. The van der Waals surface area contributed by atoms with Crippen molar-refractivity contribution < 1.29 is 23.9 Å². The smallest absolute Gasteiger partial charge is 0.220 e. The van der Waals surface area contributed by atoms with E-state index in [1.165, 1.54) is 76.2 Å². The van der Waals surface area contributed by atoms with Gasteiger partial charge in [-0.15, -0.1) is 0 Å². The molecule has 2 aromatic carbocycles. The minimum absolute atomic E-state index is 0.201. The Labute approximate surface area is 280 Å². The number of amides is 1. The van der Waals surface area contributed by atoms with Crippen molar-refractivity contribution in [2.45, 2.75) is 148 Å². The third-order valence-electron chi connectivity index (χ3n) is 8.38. The van der Waals surface area contributed by atoms with Gasteiger partial charge >= 0.3 is 0 Å². The number of hydrogen-bond acceptors (Lipinski definition) is 5. The molecule has 7 heteroatoms. The molecule has 6 nitrogen and oxygen atoms in total. The molecule has 2 aromatic rings. The second-order valence-electron chi connectivity index (χ2n) is 12.8. The maximum absolute atomic E-state index is 12.6. The molecule has 0 aliphatic carbocycles. The topological polar surface area (TPSA) is 102 Å². The summed E-state index contributed by atoms with van der Waals surface area (Å²) in [6, 6.07) is 15.2. The highest BCUT2D eigenvalue weighted by Crippen LogP contribution is 2.26. The largest absolute Gasteiger partial charge is 0.811 e. The molecule has 1 amide bonds. The lowest BCUT2D eigenvalue weighted by Gasteiger charge is -2.34. The number of carbonyl (C=O) groups excluding carboxylic acids is 1. The lowest BCUT2D eigenvalue weighted by atomic mass is 10.1. The summed E-state index contributed by atoms with van der Waals surface area (Å²) >= 11 is 0. The Kier molecular flexibility index (Phi) is 21.4. The van der Waals surface area contributed by atoms with Gasteiger partial charge in [0.15, 0.2) is 0 Å². The molecule has 0 bridgehead atoms. The lowest BCUT2D eigenvalue weighted by Crippen LogP contribution is -2.41. The van der Waals surface area contributed by atoms with Crippen LogP contribution in [0.3, 0.4) is 0 Å². The predicted octanol–water partition coefficient (Wildman–Crippen LogP) is 8.98. The maximum Gasteiger partial charge on any atom is 0.220 e. The van der Waals surface area contributed by atoms with Crippen molar-refractivity contribution in [3.05, 3.63) is 77.4 Å². The molecule has 1 N–H and O–H groups in total.